The molecule has 0 bridgehead atoms. The molecule has 2 nitrogen and oxygen atoms in total. The van der Waals surface area contributed by atoms with Gasteiger partial charge in [0.05, 0.1) is 28.1 Å². The Kier molecular flexibility index (Phi) is 7.85. The monoisotopic (exact) mass is 688 g/mol. The molecule has 0 fully saturated rings. The summed E-state index contributed by atoms with van der Waals surface area (Å²) in [6.07, 6.45) is 0. The molecule has 54 heavy (non-hydrogen) atoms. The van der Waals surface area contributed by atoms with Crippen LogP contribution >= 0.6 is 0 Å². The van der Waals surface area contributed by atoms with E-state index in [4.69, 9.17) is 0 Å². The van der Waals surface area contributed by atoms with Gasteiger partial charge in [-0.3, -0.25) is 0 Å². The molecule has 0 amide bonds. The molecular formula is C52H36N2. The molecule has 10 aromatic rings. The van der Waals surface area contributed by atoms with Crippen LogP contribution in [-0.4, -0.2) is 4.57 Å². The maximum Gasteiger partial charge on any atom is 0.0562 e. The smallest absolute Gasteiger partial charge is 0.0562 e. The van der Waals surface area contributed by atoms with E-state index in [1.807, 2.05) is 0 Å². The van der Waals surface area contributed by atoms with Crippen LogP contribution in [0.3, 0.4) is 0 Å². The van der Waals surface area contributed by atoms with Crippen molar-refractivity contribution in [1.82, 2.24) is 4.57 Å². The van der Waals surface area contributed by atoms with Crippen LogP contribution in [0.15, 0.2) is 218 Å². The third-order valence-corrected chi connectivity index (χ3v) is 10.6. The van der Waals surface area contributed by atoms with Crippen molar-refractivity contribution in [3.63, 3.8) is 0 Å². The fourth-order valence-corrected chi connectivity index (χ4v) is 8.27. The summed E-state index contributed by atoms with van der Waals surface area (Å²) >= 11 is 0. The minimum absolute atomic E-state index is 1.10. The first-order chi connectivity index (χ1) is 26.8. The van der Waals surface area contributed by atoms with Crippen LogP contribution in [0.5, 0.6) is 0 Å². The van der Waals surface area contributed by atoms with E-state index in [1.165, 1.54) is 60.4 Å². The molecule has 0 atom stereocenters. The second-order valence-electron chi connectivity index (χ2n) is 13.7. The average Bonchev–Trinajstić information content (AvgIpc) is 3.59. The summed E-state index contributed by atoms with van der Waals surface area (Å²) in [4.78, 5) is 2.45. The van der Waals surface area contributed by atoms with Gasteiger partial charge >= 0.3 is 0 Å². The van der Waals surface area contributed by atoms with Crippen molar-refractivity contribution in [3.8, 4) is 39.1 Å². The highest BCUT2D eigenvalue weighted by Gasteiger charge is 2.24. The van der Waals surface area contributed by atoms with Crippen molar-refractivity contribution in [1.29, 1.82) is 0 Å². The highest BCUT2D eigenvalue weighted by Crippen LogP contribution is 2.48. The Morgan fingerprint density at radius 2 is 0.852 bits per heavy atom. The van der Waals surface area contributed by atoms with E-state index >= 15 is 0 Å². The van der Waals surface area contributed by atoms with Gasteiger partial charge in [0, 0.05) is 27.6 Å². The molecule has 0 saturated heterocycles. The molecule has 0 aliphatic carbocycles. The lowest BCUT2D eigenvalue weighted by Gasteiger charge is -2.29. The molecule has 0 unspecified atom stereocenters. The summed E-state index contributed by atoms with van der Waals surface area (Å²) in [5, 5.41) is 4.88. The van der Waals surface area contributed by atoms with Gasteiger partial charge in [-0.15, -0.1) is 0 Å². The first kappa shape index (κ1) is 31.6. The topological polar surface area (TPSA) is 8.17 Å². The number of rotatable bonds is 7. The Hall–Kier alpha value is -7.16. The highest BCUT2D eigenvalue weighted by molar-refractivity contribution is 6.17. The normalized spacial score (nSPS) is 11.3. The lowest BCUT2D eigenvalue weighted by Crippen LogP contribution is -2.11. The van der Waals surface area contributed by atoms with E-state index in [0.29, 0.717) is 0 Å². The molecular weight excluding hydrogens is 653 g/mol. The molecule has 10 rings (SSSR count). The fourth-order valence-electron chi connectivity index (χ4n) is 8.27. The lowest BCUT2D eigenvalue weighted by molar-refractivity contribution is 1.18. The third-order valence-electron chi connectivity index (χ3n) is 10.6. The van der Waals surface area contributed by atoms with E-state index in [2.05, 4.69) is 228 Å². The van der Waals surface area contributed by atoms with Crippen molar-refractivity contribution in [2.24, 2.45) is 0 Å². The Morgan fingerprint density at radius 1 is 0.315 bits per heavy atom. The average molecular weight is 689 g/mol. The molecule has 1 aromatic heterocycles. The molecule has 254 valence electrons. The van der Waals surface area contributed by atoms with Crippen molar-refractivity contribution < 1.29 is 0 Å². The molecule has 0 aliphatic heterocycles. The van der Waals surface area contributed by atoms with Gasteiger partial charge in [0.15, 0.2) is 0 Å². The van der Waals surface area contributed by atoms with Gasteiger partial charge < -0.3 is 9.47 Å². The maximum absolute atomic E-state index is 2.46. The standard InChI is InChI=1S/C52H36N2/c1-3-19-37(20-4-1)40-26-9-10-27-42(40)45-29-12-15-33-48(45)54-49-34-16-13-30-46(49)52-50(35-18-36-51(52)54)53(39-23-5-2-6-24-39)47-32-14-11-28-44(47)43-31-17-22-38-21-7-8-25-41(38)43/h1-36H. The minimum Gasteiger partial charge on any atom is -0.309 e. The molecule has 0 spiro atoms. The SMILES string of the molecule is c1ccc(-c2ccccc2-c2ccccc2-n2c3ccccc3c3c(N(c4ccccc4)c4ccccc4-c4cccc5ccccc45)cccc32)cc1. The zero-order chi connectivity index (χ0) is 35.8. The van der Waals surface area contributed by atoms with Gasteiger partial charge in [-0.05, 0) is 75.5 Å². The number of hydrogen-bond acceptors (Lipinski definition) is 1. The molecule has 9 aromatic carbocycles. The van der Waals surface area contributed by atoms with Gasteiger partial charge in [-0.25, -0.2) is 0 Å². The summed E-state index contributed by atoms with van der Waals surface area (Å²) in [7, 11) is 0. The zero-order valence-electron chi connectivity index (χ0n) is 29.7. The first-order valence-corrected chi connectivity index (χ1v) is 18.5. The van der Waals surface area contributed by atoms with Crippen LogP contribution in [0, 0.1) is 0 Å². The van der Waals surface area contributed by atoms with Crippen molar-refractivity contribution >= 4 is 49.6 Å². The van der Waals surface area contributed by atoms with Gasteiger partial charge in [-0.2, -0.15) is 0 Å². The Labute approximate surface area is 315 Å². The molecule has 0 aliphatic rings. The second-order valence-corrected chi connectivity index (χ2v) is 13.7. The Morgan fingerprint density at radius 3 is 1.69 bits per heavy atom. The van der Waals surface area contributed by atoms with E-state index in [0.717, 1.165) is 28.3 Å². The van der Waals surface area contributed by atoms with Crippen molar-refractivity contribution in [3.05, 3.63) is 218 Å². The number of nitrogens with zero attached hydrogens (tertiary/aromatic N) is 2. The highest BCUT2D eigenvalue weighted by atomic mass is 15.2. The van der Waals surface area contributed by atoms with Crippen LogP contribution in [0.25, 0.3) is 71.6 Å². The molecule has 1 heterocycles. The largest absolute Gasteiger partial charge is 0.309 e. The van der Waals surface area contributed by atoms with Gasteiger partial charge in [0.2, 0.25) is 0 Å². The van der Waals surface area contributed by atoms with Crippen molar-refractivity contribution in [2.45, 2.75) is 0 Å². The summed E-state index contributed by atoms with van der Waals surface area (Å²) in [5.41, 5.74) is 14.0. The second kappa shape index (κ2) is 13.4. The number of fused-ring (bicyclic) bond motifs is 4. The summed E-state index contributed by atoms with van der Waals surface area (Å²) in [6.45, 7) is 0. The van der Waals surface area contributed by atoms with Gasteiger partial charge in [0.1, 0.15) is 0 Å². The summed E-state index contributed by atoms with van der Waals surface area (Å²) in [6, 6.07) is 78.8. The Bertz CT molecular complexity index is 2930. The molecule has 0 saturated carbocycles. The number of hydrogen-bond donors (Lipinski definition) is 0. The van der Waals surface area contributed by atoms with E-state index in [-0.39, 0.29) is 0 Å². The summed E-state index contributed by atoms with van der Waals surface area (Å²) < 4.78 is 2.46. The molecule has 0 radical (unpaired) electrons. The quantitative estimate of drug-likeness (QED) is 0.162. The molecule has 2 heteroatoms. The maximum atomic E-state index is 2.46. The van der Waals surface area contributed by atoms with Crippen molar-refractivity contribution in [2.75, 3.05) is 4.90 Å². The number of aromatic nitrogens is 1. The van der Waals surface area contributed by atoms with Crippen LogP contribution < -0.4 is 4.90 Å². The zero-order valence-corrected chi connectivity index (χ0v) is 29.7. The first-order valence-electron chi connectivity index (χ1n) is 18.5. The number of para-hydroxylation sites is 4. The van der Waals surface area contributed by atoms with Crippen LogP contribution in [0.4, 0.5) is 17.1 Å². The molecule has 0 N–H and O–H groups in total. The minimum atomic E-state index is 1.10. The van der Waals surface area contributed by atoms with Crippen LogP contribution in [-0.2, 0) is 0 Å². The Balaban J connectivity index is 1.25. The number of anilines is 3. The number of benzene rings is 9. The van der Waals surface area contributed by atoms with Crippen LogP contribution in [0.2, 0.25) is 0 Å². The van der Waals surface area contributed by atoms with Gasteiger partial charge in [-0.1, -0.05) is 176 Å². The third kappa shape index (κ3) is 5.27. The lowest BCUT2D eigenvalue weighted by atomic mass is 9.93. The van der Waals surface area contributed by atoms with Gasteiger partial charge in [0.25, 0.3) is 0 Å². The summed E-state index contributed by atoms with van der Waals surface area (Å²) in [5.74, 6) is 0. The van der Waals surface area contributed by atoms with E-state index in [9.17, 15) is 0 Å². The van der Waals surface area contributed by atoms with E-state index in [1.54, 1.807) is 0 Å². The predicted octanol–water partition coefficient (Wildman–Crippen LogP) is 14.4. The fraction of sp³-hybridized carbons (Fsp3) is 0. The van der Waals surface area contributed by atoms with E-state index < -0.39 is 0 Å². The predicted molar refractivity (Wildman–Crippen MR) is 229 cm³/mol. The van der Waals surface area contributed by atoms with Crippen LogP contribution in [0.1, 0.15) is 0 Å².